The number of amides is 2. The number of carbonyl (C=O) groups is 2. The molecule has 2 aliphatic heterocycles. The van der Waals surface area contributed by atoms with Gasteiger partial charge >= 0.3 is 0 Å². The van der Waals surface area contributed by atoms with Gasteiger partial charge in [-0.25, -0.2) is 0 Å². The van der Waals surface area contributed by atoms with Crippen LogP contribution in [0.5, 0.6) is 11.5 Å². The van der Waals surface area contributed by atoms with Crippen LogP contribution in [0.25, 0.3) is 0 Å². The van der Waals surface area contributed by atoms with Crippen LogP contribution in [0.3, 0.4) is 0 Å². The zero-order valence-electron chi connectivity index (χ0n) is 20.4. The number of rotatable bonds is 9. The molecular weight excluding hydrogens is 476 g/mol. The zero-order valence-corrected chi connectivity index (χ0v) is 21.2. The van der Waals surface area contributed by atoms with Gasteiger partial charge in [0.05, 0.1) is 12.6 Å². The summed E-state index contributed by atoms with van der Waals surface area (Å²) in [6, 6.07) is 17.2. The molecule has 2 amide bonds. The Morgan fingerprint density at radius 1 is 1.00 bits per heavy atom. The van der Waals surface area contributed by atoms with Crippen molar-refractivity contribution in [2.45, 2.75) is 39.0 Å². The maximum Gasteiger partial charge on any atom is 0.254 e. The van der Waals surface area contributed by atoms with E-state index in [0.29, 0.717) is 43.3 Å². The highest BCUT2D eigenvalue weighted by molar-refractivity contribution is 7.09. The van der Waals surface area contributed by atoms with Gasteiger partial charge in [0.1, 0.15) is 6.54 Å². The predicted octanol–water partition coefficient (Wildman–Crippen LogP) is 4.64. The molecule has 7 nitrogen and oxygen atoms in total. The van der Waals surface area contributed by atoms with E-state index in [1.807, 2.05) is 66.9 Å². The van der Waals surface area contributed by atoms with Gasteiger partial charge in [-0.1, -0.05) is 29.8 Å². The molecule has 36 heavy (non-hydrogen) atoms. The molecule has 2 aliphatic rings. The Kier molecular flexibility index (Phi) is 7.53. The van der Waals surface area contributed by atoms with Crippen molar-refractivity contribution in [1.29, 1.82) is 0 Å². The van der Waals surface area contributed by atoms with E-state index in [9.17, 15) is 9.59 Å². The molecule has 188 valence electrons. The molecule has 8 heteroatoms. The third kappa shape index (κ3) is 5.88. The van der Waals surface area contributed by atoms with E-state index in [1.54, 1.807) is 21.1 Å². The van der Waals surface area contributed by atoms with Crippen LogP contribution in [0.1, 0.15) is 39.2 Å². The first-order chi connectivity index (χ1) is 17.5. The summed E-state index contributed by atoms with van der Waals surface area (Å²) < 4.78 is 16.8. The highest BCUT2D eigenvalue weighted by Crippen LogP contribution is 2.33. The fourth-order valence-electron chi connectivity index (χ4n) is 4.48. The van der Waals surface area contributed by atoms with Crippen molar-refractivity contribution in [3.63, 3.8) is 0 Å². The molecule has 1 saturated heterocycles. The van der Waals surface area contributed by atoms with Gasteiger partial charge in [0.2, 0.25) is 12.7 Å². The van der Waals surface area contributed by atoms with Gasteiger partial charge in [0.15, 0.2) is 11.5 Å². The second kappa shape index (κ2) is 11.1. The third-order valence-corrected chi connectivity index (χ3v) is 7.31. The fraction of sp³-hybridized carbons (Fsp3) is 0.357. The summed E-state index contributed by atoms with van der Waals surface area (Å²) in [4.78, 5) is 31.7. The highest BCUT2D eigenvalue weighted by Gasteiger charge is 2.27. The van der Waals surface area contributed by atoms with Crippen molar-refractivity contribution in [3.05, 3.63) is 81.5 Å². The fourth-order valence-corrected chi connectivity index (χ4v) is 5.20. The Morgan fingerprint density at radius 3 is 2.58 bits per heavy atom. The summed E-state index contributed by atoms with van der Waals surface area (Å²) >= 11 is 1.61. The minimum Gasteiger partial charge on any atom is -0.454 e. The van der Waals surface area contributed by atoms with Crippen LogP contribution in [0, 0.1) is 6.92 Å². The van der Waals surface area contributed by atoms with Gasteiger partial charge in [-0.05, 0) is 61.0 Å². The minimum absolute atomic E-state index is 0.0114. The number of nitrogens with zero attached hydrogens (tertiary/aromatic N) is 2. The van der Waals surface area contributed by atoms with E-state index in [0.717, 1.165) is 28.8 Å². The summed E-state index contributed by atoms with van der Waals surface area (Å²) in [5.74, 6) is 1.13. The van der Waals surface area contributed by atoms with Gasteiger partial charge in [-0.15, -0.1) is 11.3 Å². The van der Waals surface area contributed by atoms with E-state index in [4.69, 9.17) is 14.2 Å². The summed E-state index contributed by atoms with van der Waals surface area (Å²) in [5, 5.41) is 2.00. The van der Waals surface area contributed by atoms with Crippen LogP contribution in [-0.4, -0.2) is 54.2 Å². The van der Waals surface area contributed by atoms with Gasteiger partial charge in [0, 0.05) is 30.1 Å². The van der Waals surface area contributed by atoms with Crippen molar-refractivity contribution < 1.29 is 23.8 Å². The van der Waals surface area contributed by atoms with Crippen molar-refractivity contribution in [3.8, 4) is 11.5 Å². The Bertz CT molecular complexity index is 1190. The SMILES string of the molecule is Cc1ccc(C(=O)N(CC(=O)N(Cc2ccc3c(c2)OCO3)Cc2cccs2)CC2CCCO2)cc1. The molecule has 0 N–H and O–H groups in total. The Hall–Kier alpha value is -3.36. The normalized spacial score (nSPS) is 16.2. The Morgan fingerprint density at radius 2 is 1.83 bits per heavy atom. The van der Waals surface area contributed by atoms with Gasteiger partial charge in [-0.3, -0.25) is 9.59 Å². The molecule has 0 aliphatic carbocycles. The largest absolute Gasteiger partial charge is 0.454 e. The van der Waals surface area contributed by atoms with Crippen molar-refractivity contribution in [1.82, 2.24) is 9.80 Å². The molecule has 1 unspecified atom stereocenters. The van der Waals surface area contributed by atoms with E-state index in [-0.39, 0.29) is 31.3 Å². The molecule has 3 heterocycles. The van der Waals surface area contributed by atoms with Crippen LogP contribution >= 0.6 is 11.3 Å². The maximum atomic E-state index is 13.7. The van der Waals surface area contributed by atoms with Crippen molar-refractivity contribution in [2.75, 3.05) is 26.5 Å². The van der Waals surface area contributed by atoms with Crippen LogP contribution in [-0.2, 0) is 22.6 Å². The number of carbonyl (C=O) groups excluding carboxylic acids is 2. The Balaban J connectivity index is 1.36. The van der Waals surface area contributed by atoms with Gasteiger partial charge in [0.25, 0.3) is 5.91 Å². The van der Waals surface area contributed by atoms with Crippen LogP contribution in [0.2, 0.25) is 0 Å². The summed E-state index contributed by atoms with van der Waals surface area (Å²) in [6.45, 7) is 4.14. The van der Waals surface area contributed by atoms with Crippen LogP contribution in [0.4, 0.5) is 0 Å². The lowest BCUT2D eigenvalue weighted by molar-refractivity contribution is -0.133. The number of hydrogen-bond donors (Lipinski definition) is 0. The molecule has 1 aromatic heterocycles. The van der Waals surface area contributed by atoms with Crippen LogP contribution in [0.15, 0.2) is 60.0 Å². The third-order valence-electron chi connectivity index (χ3n) is 6.45. The molecule has 1 atom stereocenters. The van der Waals surface area contributed by atoms with Crippen LogP contribution < -0.4 is 9.47 Å². The minimum atomic E-state index is -0.155. The van der Waals surface area contributed by atoms with Crippen molar-refractivity contribution >= 4 is 23.2 Å². The first kappa shape index (κ1) is 24.3. The van der Waals surface area contributed by atoms with E-state index < -0.39 is 0 Å². The molecule has 0 bridgehead atoms. The lowest BCUT2D eigenvalue weighted by atomic mass is 10.1. The number of fused-ring (bicyclic) bond motifs is 1. The topological polar surface area (TPSA) is 68.3 Å². The highest BCUT2D eigenvalue weighted by atomic mass is 32.1. The standard InChI is InChI=1S/C28H30N2O5S/c1-20-6-9-22(10-7-20)28(32)30(16-23-4-2-12-33-23)18-27(31)29(17-24-5-3-13-36-24)15-21-8-11-25-26(14-21)35-19-34-25/h3,5-11,13-14,23H,2,4,12,15-19H2,1H3. The summed E-state index contributed by atoms with van der Waals surface area (Å²) in [7, 11) is 0. The van der Waals surface area contributed by atoms with E-state index >= 15 is 0 Å². The molecule has 0 saturated carbocycles. The number of thiophene rings is 1. The monoisotopic (exact) mass is 506 g/mol. The quantitative estimate of drug-likeness (QED) is 0.423. The lowest BCUT2D eigenvalue weighted by Crippen LogP contribution is -2.45. The Labute approximate surface area is 215 Å². The molecule has 3 aromatic rings. The number of aryl methyl sites for hydroxylation is 1. The predicted molar refractivity (Wildman–Crippen MR) is 137 cm³/mol. The summed E-state index contributed by atoms with van der Waals surface area (Å²) in [5.41, 5.74) is 2.60. The average molecular weight is 507 g/mol. The molecule has 1 fully saturated rings. The van der Waals surface area contributed by atoms with Gasteiger partial charge in [-0.2, -0.15) is 0 Å². The second-order valence-corrected chi connectivity index (χ2v) is 10.2. The molecule has 0 spiro atoms. The van der Waals surface area contributed by atoms with E-state index in [1.165, 1.54) is 0 Å². The smallest absolute Gasteiger partial charge is 0.254 e. The second-order valence-electron chi connectivity index (χ2n) is 9.20. The number of ether oxygens (including phenoxy) is 3. The van der Waals surface area contributed by atoms with Crippen molar-refractivity contribution in [2.24, 2.45) is 0 Å². The lowest BCUT2D eigenvalue weighted by Gasteiger charge is -2.29. The first-order valence-corrected chi connectivity index (χ1v) is 13.1. The van der Waals surface area contributed by atoms with Gasteiger partial charge < -0.3 is 24.0 Å². The van der Waals surface area contributed by atoms with E-state index in [2.05, 4.69) is 0 Å². The molecule has 0 radical (unpaired) electrons. The number of benzene rings is 2. The average Bonchev–Trinajstić information content (AvgIpc) is 3.66. The maximum absolute atomic E-state index is 13.7. The molecule has 5 rings (SSSR count). The zero-order chi connectivity index (χ0) is 24.9. The molecule has 2 aromatic carbocycles. The molecular formula is C28H30N2O5S. The first-order valence-electron chi connectivity index (χ1n) is 12.2. The number of hydrogen-bond acceptors (Lipinski definition) is 6. The summed E-state index contributed by atoms with van der Waals surface area (Å²) in [6.07, 6.45) is 1.81.